The first kappa shape index (κ1) is 21.4. The van der Waals surface area contributed by atoms with Crippen LogP contribution in [0.2, 0.25) is 0 Å². The Morgan fingerprint density at radius 2 is 2.03 bits per heavy atom. The number of Topliss-reactive ketones (excluding diaryl/α,β-unsaturated/α-hetero) is 1. The standard InChI is InChI=1S/C23H29FN2O3/c1-17(28)19-5-3-4-18(12-19)14-25-9-10-26(21(16-25)8-11-27)15-20-6-7-22(29-2)13-23(20)24/h3-7,12-13,21,27H,8-11,14-16H2,1-2H3/t21-/m1/s1. The summed E-state index contributed by atoms with van der Waals surface area (Å²) in [6.45, 7) is 5.38. The smallest absolute Gasteiger partial charge is 0.159 e. The molecule has 2 aromatic carbocycles. The van der Waals surface area contributed by atoms with Gasteiger partial charge in [0, 0.05) is 62.6 Å². The van der Waals surface area contributed by atoms with Gasteiger partial charge in [-0.2, -0.15) is 0 Å². The molecule has 0 amide bonds. The van der Waals surface area contributed by atoms with Gasteiger partial charge in [0.1, 0.15) is 11.6 Å². The quantitative estimate of drug-likeness (QED) is 0.690. The van der Waals surface area contributed by atoms with Crippen LogP contribution in [-0.4, -0.2) is 60.1 Å². The molecule has 1 N–H and O–H groups in total. The van der Waals surface area contributed by atoms with E-state index in [9.17, 15) is 14.3 Å². The molecule has 2 aromatic rings. The second-order valence-electron chi connectivity index (χ2n) is 7.59. The second kappa shape index (κ2) is 9.96. The number of hydrogen-bond donors (Lipinski definition) is 1. The molecule has 5 nitrogen and oxygen atoms in total. The molecule has 1 saturated heterocycles. The first-order chi connectivity index (χ1) is 14.0. The number of halogens is 1. The van der Waals surface area contributed by atoms with Gasteiger partial charge in [0.25, 0.3) is 0 Å². The van der Waals surface area contributed by atoms with E-state index in [2.05, 4.69) is 9.80 Å². The fourth-order valence-electron chi connectivity index (χ4n) is 3.88. The zero-order valence-electron chi connectivity index (χ0n) is 17.1. The topological polar surface area (TPSA) is 53.0 Å². The van der Waals surface area contributed by atoms with Crippen molar-refractivity contribution < 1.29 is 19.0 Å². The lowest BCUT2D eigenvalue weighted by Crippen LogP contribution is -2.52. The lowest BCUT2D eigenvalue weighted by Gasteiger charge is -2.41. The van der Waals surface area contributed by atoms with E-state index in [0.29, 0.717) is 24.3 Å². The highest BCUT2D eigenvalue weighted by Crippen LogP contribution is 2.22. The molecule has 6 heteroatoms. The van der Waals surface area contributed by atoms with Gasteiger partial charge in [0.05, 0.1) is 7.11 Å². The van der Waals surface area contributed by atoms with Crippen LogP contribution in [-0.2, 0) is 13.1 Å². The van der Waals surface area contributed by atoms with E-state index in [-0.39, 0.29) is 24.2 Å². The van der Waals surface area contributed by atoms with Gasteiger partial charge < -0.3 is 9.84 Å². The summed E-state index contributed by atoms with van der Waals surface area (Å²) >= 11 is 0. The third kappa shape index (κ3) is 5.63. The average molecular weight is 400 g/mol. The van der Waals surface area contributed by atoms with Crippen molar-refractivity contribution >= 4 is 5.78 Å². The second-order valence-corrected chi connectivity index (χ2v) is 7.59. The third-order valence-electron chi connectivity index (χ3n) is 5.52. The molecule has 156 valence electrons. The van der Waals surface area contributed by atoms with Crippen molar-refractivity contribution in [3.05, 3.63) is 65.0 Å². The van der Waals surface area contributed by atoms with Gasteiger partial charge in [-0.3, -0.25) is 14.6 Å². The minimum atomic E-state index is -0.268. The first-order valence-electron chi connectivity index (χ1n) is 9.99. The molecule has 29 heavy (non-hydrogen) atoms. The molecule has 1 aliphatic rings. The Balaban J connectivity index is 1.66. The lowest BCUT2D eigenvalue weighted by atomic mass is 10.0. The van der Waals surface area contributed by atoms with Crippen molar-refractivity contribution in [3.8, 4) is 5.75 Å². The molecule has 1 atom stereocenters. The number of nitrogens with zero attached hydrogens (tertiary/aromatic N) is 2. The molecule has 0 aliphatic carbocycles. The number of methoxy groups -OCH3 is 1. The molecule has 0 aromatic heterocycles. The third-order valence-corrected chi connectivity index (χ3v) is 5.52. The number of aliphatic hydroxyl groups excluding tert-OH is 1. The molecule has 0 spiro atoms. The van der Waals surface area contributed by atoms with Gasteiger partial charge in [0.2, 0.25) is 0 Å². The van der Waals surface area contributed by atoms with E-state index in [1.165, 1.54) is 13.2 Å². The Hall–Kier alpha value is -2.28. The molecule has 0 radical (unpaired) electrons. The van der Waals surface area contributed by atoms with E-state index >= 15 is 0 Å². The number of benzene rings is 2. The fraction of sp³-hybridized carbons (Fsp3) is 0.435. The van der Waals surface area contributed by atoms with Crippen LogP contribution >= 0.6 is 0 Å². The number of rotatable bonds is 8. The summed E-state index contributed by atoms with van der Waals surface area (Å²) in [5.41, 5.74) is 2.47. The molecule has 1 heterocycles. The first-order valence-corrected chi connectivity index (χ1v) is 9.99. The highest BCUT2D eigenvalue weighted by molar-refractivity contribution is 5.94. The number of ketones is 1. The number of ether oxygens (including phenoxy) is 1. The zero-order valence-corrected chi connectivity index (χ0v) is 17.1. The summed E-state index contributed by atoms with van der Waals surface area (Å²) in [5.74, 6) is 0.308. The normalized spacial score (nSPS) is 18.0. The van der Waals surface area contributed by atoms with E-state index in [0.717, 1.165) is 37.3 Å². The van der Waals surface area contributed by atoms with Crippen LogP contribution in [0.15, 0.2) is 42.5 Å². The van der Waals surface area contributed by atoms with E-state index in [1.54, 1.807) is 19.1 Å². The van der Waals surface area contributed by atoms with Crippen molar-refractivity contribution in [1.29, 1.82) is 0 Å². The highest BCUT2D eigenvalue weighted by Gasteiger charge is 2.27. The summed E-state index contributed by atoms with van der Waals surface area (Å²) in [6.07, 6.45) is 0.641. The van der Waals surface area contributed by atoms with E-state index < -0.39 is 0 Å². The van der Waals surface area contributed by atoms with Crippen LogP contribution in [0.3, 0.4) is 0 Å². The number of hydrogen-bond acceptors (Lipinski definition) is 5. The zero-order chi connectivity index (χ0) is 20.8. The minimum absolute atomic E-state index is 0.0661. The molecular weight excluding hydrogens is 371 g/mol. The van der Waals surface area contributed by atoms with E-state index in [1.807, 2.05) is 24.3 Å². The van der Waals surface area contributed by atoms with Crippen LogP contribution in [0, 0.1) is 5.82 Å². The summed E-state index contributed by atoms with van der Waals surface area (Å²) < 4.78 is 19.5. The monoisotopic (exact) mass is 400 g/mol. The van der Waals surface area contributed by atoms with Gasteiger partial charge in [0.15, 0.2) is 5.78 Å². The molecular formula is C23H29FN2O3. The highest BCUT2D eigenvalue weighted by atomic mass is 19.1. The predicted octanol–water partition coefficient (Wildman–Crippen LogP) is 3.11. The van der Waals surface area contributed by atoms with Crippen molar-refractivity contribution in [2.24, 2.45) is 0 Å². The number of carbonyl (C=O) groups is 1. The molecule has 3 rings (SSSR count). The fourth-order valence-corrected chi connectivity index (χ4v) is 3.88. The molecule has 1 aliphatic heterocycles. The molecule has 1 fully saturated rings. The van der Waals surface area contributed by atoms with Gasteiger partial charge in [-0.05, 0) is 31.0 Å². The van der Waals surface area contributed by atoms with Crippen molar-refractivity contribution in [2.75, 3.05) is 33.4 Å². The van der Waals surface area contributed by atoms with Crippen LogP contribution in [0.25, 0.3) is 0 Å². The summed E-state index contributed by atoms with van der Waals surface area (Å²) in [6, 6.07) is 12.8. The van der Waals surface area contributed by atoms with E-state index in [4.69, 9.17) is 4.74 Å². The predicted molar refractivity (Wildman–Crippen MR) is 111 cm³/mol. The van der Waals surface area contributed by atoms with Crippen molar-refractivity contribution in [2.45, 2.75) is 32.5 Å². The number of piperazine rings is 1. The van der Waals surface area contributed by atoms with Crippen LogP contribution < -0.4 is 4.74 Å². The molecule has 0 bridgehead atoms. The Morgan fingerprint density at radius 1 is 1.21 bits per heavy atom. The maximum Gasteiger partial charge on any atom is 0.159 e. The number of carbonyl (C=O) groups excluding carboxylic acids is 1. The Morgan fingerprint density at radius 3 is 2.72 bits per heavy atom. The average Bonchev–Trinajstić information content (AvgIpc) is 2.71. The Labute approximate surface area is 171 Å². The van der Waals surface area contributed by atoms with Gasteiger partial charge >= 0.3 is 0 Å². The molecule has 0 unspecified atom stereocenters. The maximum absolute atomic E-state index is 14.4. The summed E-state index contributed by atoms with van der Waals surface area (Å²) in [4.78, 5) is 16.2. The van der Waals surface area contributed by atoms with Crippen LogP contribution in [0.1, 0.15) is 34.8 Å². The summed E-state index contributed by atoms with van der Waals surface area (Å²) in [5, 5.41) is 9.53. The minimum Gasteiger partial charge on any atom is -0.497 e. The van der Waals surface area contributed by atoms with Gasteiger partial charge in [-0.15, -0.1) is 0 Å². The largest absolute Gasteiger partial charge is 0.497 e. The van der Waals surface area contributed by atoms with Crippen molar-refractivity contribution in [3.63, 3.8) is 0 Å². The lowest BCUT2D eigenvalue weighted by molar-refractivity contribution is 0.0493. The van der Waals surface area contributed by atoms with Crippen molar-refractivity contribution in [1.82, 2.24) is 9.80 Å². The molecule has 0 saturated carbocycles. The number of aliphatic hydroxyl groups is 1. The summed E-state index contributed by atoms with van der Waals surface area (Å²) in [7, 11) is 1.52. The Bertz CT molecular complexity index is 843. The van der Waals surface area contributed by atoms with Crippen LogP contribution in [0.4, 0.5) is 4.39 Å². The van der Waals surface area contributed by atoms with Gasteiger partial charge in [-0.1, -0.05) is 24.3 Å². The SMILES string of the molecule is COc1ccc(CN2CCN(Cc3cccc(C(C)=O)c3)C[C@H]2CCO)c(F)c1. The van der Waals surface area contributed by atoms with Gasteiger partial charge in [-0.25, -0.2) is 4.39 Å². The van der Waals surface area contributed by atoms with Crippen LogP contribution in [0.5, 0.6) is 5.75 Å². The Kier molecular flexibility index (Phi) is 7.36. The maximum atomic E-state index is 14.4.